The van der Waals surface area contributed by atoms with E-state index in [2.05, 4.69) is 121 Å². The molecular weight excluding hydrogens is 1380 g/mol. The molecule has 0 bridgehead atoms. The van der Waals surface area contributed by atoms with Crippen LogP contribution in [0.15, 0.2) is 156 Å². The number of aromatic nitrogens is 10. The molecule has 444 valence electrons. The minimum Gasteiger partial charge on any atom is -0.458 e. The number of carbonyl (C=O) groups excluding carboxylic acids is 1. The van der Waals surface area contributed by atoms with Crippen LogP contribution in [-0.2, 0) is 39.5 Å². The molecule has 9 aromatic heterocycles. The van der Waals surface area contributed by atoms with Gasteiger partial charge in [0.15, 0.2) is 17.7 Å². The molecule has 0 spiro atoms. The highest BCUT2D eigenvalue weighted by atomic mass is 79.9. The first-order valence-corrected chi connectivity index (χ1v) is 30.8. The van der Waals surface area contributed by atoms with E-state index >= 15 is 0 Å². The van der Waals surface area contributed by atoms with E-state index < -0.39 is 7.60 Å². The Labute approximate surface area is 533 Å². The first-order chi connectivity index (χ1) is 41.4. The molecule has 3 N–H and O–H groups in total. The highest BCUT2D eigenvalue weighted by Gasteiger charge is 2.22. The van der Waals surface area contributed by atoms with Gasteiger partial charge in [0.1, 0.15) is 36.0 Å². The molecule has 9 rings (SSSR count). The number of furan rings is 1. The van der Waals surface area contributed by atoms with Crippen LogP contribution in [0.5, 0.6) is 0 Å². The maximum absolute atomic E-state index is 11.3. The summed E-state index contributed by atoms with van der Waals surface area (Å²) in [6.07, 6.45) is 8.57. The number of aliphatic hydroxyl groups is 1. The Bertz CT molecular complexity index is 3730. The third kappa shape index (κ3) is 28.7. The first-order valence-electron chi connectivity index (χ1n) is 25.9. The van der Waals surface area contributed by atoms with Gasteiger partial charge >= 0.3 is 7.60 Å². The van der Waals surface area contributed by atoms with Gasteiger partial charge in [-0.1, -0.05) is 36.4 Å². The topological polar surface area (TPSA) is 328 Å². The first kappa shape index (κ1) is 72.2. The molecule has 0 radical (unpaired) electrons. The predicted molar refractivity (Wildman–Crippen MR) is 341 cm³/mol. The summed E-state index contributed by atoms with van der Waals surface area (Å²) >= 11 is 12.8. The number of anilines is 1. The monoisotopic (exact) mass is 1430 g/mol. The molecule has 0 saturated carbocycles. The lowest BCUT2D eigenvalue weighted by Gasteiger charge is -2.12. The molecule has 0 aliphatic carbocycles. The summed E-state index contributed by atoms with van der Waals surface area (Å²) in [5, 5.41) is 46.1. The second-order valence-electron chi connectivity index (χ2n) is 16.9. The maximum atomic E-state index is 11.3. The van der Waals surface area contributed by atoms with Crippen LogP contribution in [0.3, 0.4) is 0 Å². The second kappa shape index (κ2) is 41.1. The fraction of sp³-hybridized carbons (Fsp3) is 0.233. The standard InChI is InChI=1S/C17H16N6O.C9H10N2.C8H7BrN2.C8H5BrN2.C6H6BrNO.C6H4BrNO.C6H12NO3P/c1-10-4-3-5-13(20-10)8-12-9-19-23-15(12)21-17(18)22-16(23)14-7-6-11(2)24-14;1-8-4-2-5-9(11-8)6-3-7-10;2*9-8-5-1-3-7(11-8)4-2-6-10;2*7-6-3-1-2-5(4-9)8-6;1-3-9-11(8,6-5-7)10-4-2/h3-7,9H,8H2,1-2H3,(H2,18,21);2,4-5H,3,6H2,1H3;1,3,5H,2,4H2;1-5H;1-3,9H,4H2;1-4H;3-4,6H2,1-2H3. The van der Waals surface area contributed by atoms with Crippen LogP contribution < -0.4 is 5.73 Å². The van der Waals surface area contributed by atoms with Gasteiger partial charge in [-0.3, -0.25) is 19.3 Å². The zero-order chi connectivity index (χ0) is 63.1. The number of pyridine rings is 6. The number of aryl methyl sites for hydroxylation is 5. The third-order valence-electron chi connectivity index (χ3n) is 10.2. The summed E-state index contributed by atoms with van der Waals surface area (Å²) in [6.45, 7) is 9.83. The third-order valence-corrected chi connectivity index (χ3v) is 13.8. The lowest BCUT2D eigenvalue weighted by molar-refractivity contribution is 0.111. The molecule has 0 aliphatic rings. The molecule has 9 heterocycles. The van der Waals surface area contributed by atoms with Crippen molar-refractivity contribution in [2.45, 2.75) is 73.3 Å². The van der Waals surface area contributed by atoms with E-state index in [-0.39, 0.29) is 18.7 Å². The smallest absolute Gasteiger partial charge is 0.344 e. The van der Waals surface area contributed by atoms with E-state index in [1.807, 2.05) is 124 Å². The summed E-state index contributed by atoms with van der Waals surface area (Å²) in [4.78, 5) is 43.6. The number of fused-ring (bicyclic) bond motifs is 1. The zero-order valence-corrected chi connectivity index (χ0v) is 54.7. The average molecular weight is 1440 g/mol. The van der Waals surface area contributed by atoms with Gasteiger partial charge < -0.3 is 24.3 Å². The van der Waals surface area contributed by atoms with Gasteiger partial charge in [-0.05, 0) is 189 Å². The summed E-state index contributed by atoms with van der Waals surface area (Å²) in [5.41, 5.74) is 14.3. The van der Waals surface area contributed by atoms with Crippen molar-refractivity contribution in [3.8, 4) is 35.9 Å². The van der Waals surface area contributed by atoms with Gasteiger partial charge in [0, 0.05) is 72.2 Å². The average Bonchev–Trinajstić information content (AvgIpc) is 2.37. The molecular formula is C60H60Br4N15O6P. The van der Waals surface area contributed by atoms with E-state index in [0.29, 0.717) is 72.0 Å². The lowest BCUT2D eigenvalue weighted by Crippen LogP contribution is -2.05. The van der Waals surface area contributed by atoms with E-state index in [1.54, 1.807) is 61.0 Å². The molecule has 0 fully saturated rings. The van der Waals surface area contributed by atoms with Crippen LogP contribution in [0.25, 0.3) is 23.3 Å². The van der Waals surface area contributed by atoms with Gasteiger partial charge in [-0.2, -0.15) is 40.6 Å². The molecule has 0 aromatic carbocycles. The number of nitrogen functional groups attached to an aromatic ring is 1. The van der Waals surface area contributed by atoms with E-state index in [9.17, 15) is 9.36 Å². The molecule has 0 atom stereocenters. The van der Waals surface area contributed by atoms with Crippen molar-refractivity contribution in [1.29, 1.82) is 21.0 Å². The van der Waals surface area contributed by atoms with Gasteiger partial charge in [-0.15, -0.1) is 0 Å². The minimum absolute atomic E-state index is 0.000556. The van der Waals surface area contributed by atoms with Gasteiger partial charge in [0.25, 0.3) is 0 Å². The highest BCUT2D eigenvalue weighted by molar-refractivity contribution is 9.11. The van der Waals surface area contributed by atoms with Gasteiger partial charge in [-0.25, -0.2) is 19.9 Å². The van der Waals surface area contributed by atoms with Crippen molar-refractivity contribution in [3.63, 3.8) is 0 Å². The van der Waals surface area contributed by atoms with Gasteiger partial charge in [0.05, 0.1) is 61.7 Å². The van der Waals surface area contributed by atoms with E-state index in [1.165, 1.54) is 6.08 Å². The molecule has 86 heavy (non-hydrogen) atoms. The van der Waals surface area contributed by atoms with Gasteiger partial charge in [0.2, 0.25) is 11.8 Å². The van der Waals surface area contributed by atoms with Crippen molar-refractivity contribution in [2.75, 3.05) is 25.1 Å². The van der Waals surface area contributed by atoms with Crippen LogP contribution in [0.2, 0.25) is 0 Å². The number of nitrogens with zero attached hydrogens (tertiary/aromatic N) is 14. The van der Waals surface area contributed by atoms with Crippen LogP contribution >= 0.6 is 71.3 Å². The molecule has 9 aromatic rings. The summed E-state index contributed by atoms with van der Waals surface area (Å²) in [5.74, 6) is 2.13. The number of rotatable bonds is 15. The number of carbonyl (C=O) groups is 1. The number of halogens is 4. The molecule has 0 aliphatic heterocycles. The largest absolute Gasteiger partial charge is 0.458 e. The Hall–Kier alpha value is -8.07. The molecule has 26 heteroatoms. The van der Waals surface area contributed by atoms with E-state index in [0.717, 1.165) is 72.1 Å². The fourth-order valence-electron chi connectivity index (χ4n) is 6.64. The summed E-state index contributed by atoms with van der Waals surface area (Å²) in [6, 6.07) is 45.2. The normalized spacial score (nSPS) is 10.1. The number of aliphatic hydroxyl groups excluding tert-OH is 1. The number of aldehydes is 1. The Balaban J connectivity index is 0.000000273. The highest BCUT2D eigenvalue weighted by Crippen LogP contribution is 2.47. The van der Waals surface area contributed by atoms with Crippen molar-refractivity contribution < 1.29 is 27.9 Å². The maximum Gasteiger partial charge on any atom is 0.344 e. The van der Waals surface area contributed by atoms with E-state index in [4.69, 9.17) is 45.4 Å². The lowest BCUT2D eigenvalue weighted by atomic mass is 10.1. The van der Waals surface area contributed by atoms with Crippen LogP contribution in [-0.4, -0.2) is 80.3 Å². The van der Waals surface area contributed by atoms with Crippen LogP contribution in [0, 0.1) is 66.1 Å². The number of nitriles is 4. The second-order valence-corrected chi connectivity index (χ2v) is 22.2. The Morgan fingerprint density at radius 3 is 1.59 bits per heavy atom. The predicted octanol–water partition coefficient (Wildman–Crippen LogP) is 13.9. The van der Waals surface area contributed by atoms with Crippen LogP contribution in [0.4, 0.5) is 5.95 Å². The Morgan fingerprint density at radius 2 is 1.13 bits per heavy atom. The number of hydrogen-bond donors (Lipinski definition) is 2. The van der Waals surface area contributed by atoms with Crippen molar-refractivity contribution in [2.24, 2.45) is 0 Å². The number of nitrogens with two attached hydrogens (primary N) is 1. The molecule has 0 amide bonds. The Kier molecular flexibility index (Phi) is 34.5. The number of hydrogen-bond acceptors (Lipinski definition) is 20. The molecule has 21 nitrogen and oxygen atoms in total. The molecule has 0 saturated heterocycles. The van der Waals surface area contributed by atoms with Crippen molar-refractivity contribution >= 4 is 95.3 Å². The number of allylic oxidation sites excluding steroid dienone is 1. The minimum atomic E-state index is -3.08. The summed E-state index contributed by atoms with van der Waals surface area (Å²) < 4.78 is 31.3. The zero-order valence-electron chi connectivity index (χ0n) is 47.5. The van der Waals surface area contributed by atoms with Crippen molar-refractivity contribution in [3.05, 3.63) is 209 Å². The molecule has 0 unspecified atom stereocenters. The quantitative estimate of drug-likeness (QED) is 0.0417. The summed E-state index contributed by atoms with van der Waals surface area (Å²) in [7, 11) is -3.08. The van der Waals surface area contributed by atoms with Crippen molar-refractivity contribution in [1.82, 2.24) is 49.5 Å². The fourth-order valence-corrected chi connectivity index (χ4v) is 9.34. The Morgan fingerprint density at radius 1 is 0.628 bits per heavy atom. The van der Waals surface area contributed by atoms with Crippen LogP contribution in [0.1, 0.15) is 88.4 Å². The SMILES string of the molecule is CCOP(=O)(CC#N)OCC.Cc1cccc(CCC#N)n1.Cc1cccc(Cc2cnn3c(-c4ccc(C)o4)nc(N)nc23)n1.N#CC=Cc1cccc(Br)n1.N#CCCc1cccc(Br)n1.O=Cc1cccc(Br)n1.OCc1cccc(Br)n1.